The summed E-state index contributed by atoms with van der Waals surface area (Å²) in [5.41, 5.74) is 1.09. The van der Waals surface area contributed by atoms with Gasteiger partial charge in [0, 0.05) is 48.5 Å². The third kappa shape index (κ3) is 2.79. The fourth-order valence-electron chi connectivity index (χ4n) is 3.54. The minimum Gasteiger partial charge on any atom is -0.370 e. The number of rotatable bonds is 3. The highest BCUT2D eigenvalue weighted by molar-refractivity contribution is 5.99. The van der Waals surface area contributed by atoms with Crippen LogP contribution in [0.4, 0.5) is 11.4 Å². The van der Waals surface area contributed by atoms with Crippen LogP contribution in [0.15, 0.2) is 30.6 Å². The number of non-ortho nitro benzene ring substituents is 1. The number of aryl methyl sites for hydroxylation is 1. The zero-order valence-corrected chi connectivity index (χ0v) is 13.8. The fourth-order valence-corrected chi connectivity index (χ4v) is 3.54. The van der Waals surface area contributed by atoms with E-state index in [-0.39, 0.29) is 16.5 Å². The molecule has 0 amide bonds. The van der Waals surface area contributed by atoms with Crippen LogP contribution in [0.3, 0.4) is 0 Å². The highest BCUT2D eigenvalue weighted by Crippen LogP contribution is 2.36. The second-order valence-electron chi connectivity index (χ2n) is 6.35. The van der Waals surface area contributed by atoms with Crippen LogP contribution < -0.4 is 4.90 Å². The number of nitro benzene ring substituents is 1. The molecule has 0 spiro atoms. The van der Waals surface area contributed by atoms with Gasteiger partial charge in [0.05, 0.1) is 10.3 Å². The van der Waals surface area contributed by atoms with Gasteiger partial charge in [-0.1, -0.05) is 0 Å². The molecule has 1 unspecified atom stereocenters. The van der Waals surface area contributed by atoms with E-state index in [1.807, 2.05) is 19.1 Å². The van der Waals surface area contributed by atoms with Crippen molar-refractivity contribution in [3.05, 3.63) is 52.4 Å². The van der Waals surface area contributed by atoms with Crippen LogP contribution in [0, 0.1) is 17.0 Å². The van der Waals surface area contributed by atoms with Crippen molar-refractivity contribution in [2.45, 2.75) is 25.7 Å². The van der Waals surface area contributed by atoms with Crippen molar-refractivity contribution in [1.29, 1.82) is 0 Å². The molecule has 4 rings (SSSR count). The quantitative estimate of drug-likeness (QED) is 0.582. The molecule has 3 aromatic rings. The predicted molar refractivity (Wildman–Crippen MR) is 93.7 cm³/mol. The van der Waals surface area contributed by atoms with Gasteiger partial charge in [-0.25, -0.2) is 4.98 Å². The van der Waals surface area contributed by atoms with E-state index in [0.717, 1.165) is 48.7 Å². The number of nitro groups is 1. The molecule has 1 aliphatic heterocycles. The molecule has 1 aromatic carbocycles. The Labute approximate surface area is 144 Å². The lowest BCUT2D eigenvalue weighted by Crippen LogP contribution is -2.34. The number of pyridine rings is 1. The number of aromatic amines is 1. The summed E-state index contributed by atoms with van der Waals surface area (Å²) < 4.78 is 0. The van der Waals surface area contributed by atoms with Gasteiger partial charge in [0.2, 0.25) is 0 Å². The summed E-state index contributed by atoms with van der Waals surface area (Å²) in [5.74, 6) is 1.92. The lowest BCUT2D eigenvalue weighted by molar-refractivity contribution is -0.383. The Balaban J connectivity index is 1.72. The van der Waals surface area contributed by atoms with Crippen LogP contribution in [0.2, 0.25) is 0 Å². The van der Waals surface area contributed by atoms with E-state index < -0.39 is 0 Å². The average molecular weight is 338 g/mol. The molecule has 2 aromatic heterocycles. The lowest BCUT2D eigenvalue weighted by Gasteiger charge is -2.34. The van der Waals surface area contributed by atoms with Crippen molar-refractivity contribution in [1.82, 2.24) is 20.2 Å². The summed E-state index contributed by atoms with van der Waals surface area (Å²) in [6.07, 6.45) is 5.31. The van der Waals surface area contributed by atoms with Crippen LogP contribution in [0.1, 0.15) is 30.4 Å². The molecule has 1 aliphatic rings. The molecule has 128 valence electrons. The number of piperidine rings is 1. The van der Waals surface area contributed by atoms with Crippen molar-refractivity contribution in [3.8, 4) is 0 Å². The number of nitrogens with one attached hydrogen (secondary N) is 1. The van der Waals surface area contributed by atoms with Crippen LogP contribution in [0.5, 0.6) is 0 Å². The first-order chi connectivity index (χ1) is 12.1. The molecular formula is C17H18N6O2. The Morgan fingerprint density at radius 2 is 2.20 bits per heavy atom. The van der Waals surface area contributed by atoms with Crippen LogP contribution in [0.25, 0.3) is 10.8 Å². The standard InChI is InChI=1S/C17H18N6O2/c1-11-19-17(21-20-11)12-3-2-8-22(10-12)15-4-5-16(23(24)25)14-9-18-7-6-13(14)15/h4-7,9,12H,2-3,8,10H2,1H3,(H,19,20,21). The van der Waals surface area contributed by atoms with E-state index in [2.05, 4.69) is 25.1 Å². The maximum absolute atomic E-state index is 11.3. The van der Waals surface area contributed by atoms with E-state index >= 15 is 0 Å². The number of anilines is 1. The maximum Gasteiger partial charge on any atom is 0.278 e. The molecule has 0 saturated carbocycles. The van der Waals surface area contributed by atoms with E-state index in [9.17, 15) is 10.1 Å². The van der Waals surface area contributed by atoms with Crippen molar-refractivity contribution in [2.75, 3.05) is 18.0 Å². The van der Waals surface area contributed by atoms with Gasteiger partial charge in [0.1, 0.15) is 5.82 Å². The van der Waals surface area contributed by atoms with E-state index in [1.54, 1.807) is 18.5 Å². The summed E-state index contributed by atoms with van der Waals surface area (Å²) >= 11 is 0. The predicted octanol–water partition coefficient (Wildman–Crippen LogP) is 2.95. The van der Waals surface area contributed by atoms with E-state index in [4.69, 9.17) is 0 Å². The zero-order chi connectivity index (χ0) is 17.4. The van der Waals surface area contributed by atoms with Gasteiger partial charge in [-0.2, -0.15) is 5.10 Å². The normalized spacial score (nSPS) is 17.8. The Kier molecular flexibility index (Phi) is 3.79. The first kappa shape index (κ1) is 15.5. The molecule has 1 atom stereocenters. The number of hydrogen-bond donors (Lipinski definition) is 1. The highest BCUT2D eigenvalue weighted by Gasteiger charge is 2.26. The van der Waals surface area contributed by atoms with Crippen molar-refractivity contribution >= 4 is 22.1 Å². The van der Waals surface area contributed by atoms with E-state index in [1.165, 1.54) is 0 Å². The average Bonchev–Trinajstić information content (AvgIpc) is 3.07. The monoisotopic (exact) mass is 338 g/mol. The van der Waals surface area contributed by atoms with Gasteiger partial charge in [-0.3, -0.25) is 20.2 Å². The second-order valence-corrected chi connectivity index (χ2v) is 6.35. The molecule has 0 radical (unpaired) electrons. The molecule has 0 bridgehead atoms. The van der Waals surface area contributed by atoms with Crippen LogP contribution >= 0.6 is 0 Å². The molecule has 8 nitrogen and oxygen atoms in total. The van der Waals surface area contributed by atoms with Gasteiger partial charge in [-0.15, -0.1) is 0 Å². The molecule has 8 heteroatoms. The van der Waals surface area contributed by atoms with Gasteiger partial charge < -0.3 is 4.90 Å². The summed E-state index contributed by atoms with van der Waals surface area (Å²) in [6.45, 7) is 3.61. The third-order valence-electron chi connectivity index (χ3n) is 4.71. The minimum atomic E-state index is -0.358. The van der Waals surface area contributed by atoms with Crippen LogP contribution in [-0.4, -0.2) is 38.2 Å². The Morgan fingerprint density at radius 1 is 1.32 bits per heavy atom. The SMILES string of the molecule is Cc1nc(C2CCCN(c3ccc([N+](=O)[O-])c4cnccc34)C2)n[nH]1. The molecule has 1 fully saturated rings. The number of nitrogens with zero attached hydrogens (tertiary/aromatic N) is 5. The van der Waals surface area contributed by atoms with Crippen molar-refractivity contribution in [2.24, 2.45) is 0 Å². The zero-order valence-electron chi connectivity index (χ0n) is 13.8. The van der Waals surface area contributed by atoms with Gasteiger partial charge in [0.25, 0.3) is 5.69 Å². The van der Waals surface area contributed by atoms with Crippen LogP contribution in [-0.2, 0) is 0 Å². The first-order valence-corrected chi connectivity index (χ1v) is 8.28. The largest absolute Gasteiger partial charge is 0.370 e. The Morgan fingerprint density at radius 3 is 2.96 bits per heavy atom. The lowest BCUT2D eigenvalue weighted by atomic mass is 9.96. The molecule has 3 heterocycles. The molecule has 1 N–H and O–H groups in total. The van der Waals surface area contributed by atoms with Gasteiger partial charge >= 0.3 is 0 Å². The van der Waals surface area contributed by atoms with Gasteiger partial charge in [0.15, 0.2) is 5.82 Å². The Hall–Kier alpha value is -3.03. The number of fused-ring (bicyclic) bond motifs is 1. The number of hydrogen-bond acceptors (Lipinski definition) is 6. The topological polar surface area (TPSA) is 101 Å². The molecule has 25 heavy (non-hydrogen) atoms. The molecular weight excluding hydrogens is 320 g/mol. The minimum absolute atomic E-state index is 0.0880. The fraction of sp³-hybridized carbons (Fsp3) is 0.353. The third-order valence-corrected chi connectivity index (χ3v) is 4.71. The molecule has 1 saturated heterocycles. The maximum atomic E-state index is 11.3. The summed E-state index contributed by atoms with van der Waals surface area (Å²) in [5, 5.41) is 19.9. The van der Waals surface area contributed by atoms with Crippen molar-refractivity contribution < 1.29 is 4.92 Å². The smallest absolute Gasteiger partial charge is 0.278 e. The number of H-pyrrole nitrogens is 1. The van der Waals surface area contributed by atoms with Crippen molar-refractivity contribution in [3.63, 3.8) is 0 Å². The summed E-state index contributed by atoms with van der Waals surface area (Å²) in [7, 11) is 0. The second kappa shape index (κ2) is 6.12. The Bertz CT molecular complexity index is 938. The van der Waals surface area contributed by atoms with E-state index in [0.29, 0.717) is 5.39 Å². The molecule has 0 aliphatic carbocycles. The van der Waals surface area contributed by atoms with Gasteiger partial charge in [-0.05, 0) is 31.9 Å². The first-order valence-electron chi connectivity index (χ1n) is 8.28. The summed E-state index contributed by atoms with van der Waals surface area (Å²) in [6, 6.07) is 5.25. The highest BCUT2D eigenvalue weighted by atomic mass is 16.6. The number of benzene rings is 1. The number of aromatic nitrogens is 4. The summed E-state index contributed by atoms with van der Waals surface area (Å²) in [4.78, 5) is 21.7.